The number of thioether (sulfide) groups is 1. The average molecular weight is 653 g/mol. The zero-order valence-electron chi connectivity index (χ0n) is 25.2. The molecule has 1 fully saturated rings. The number of aliphatic imine (C=N–C) groups is 1. The van der Waals surface area contributed by atoms with Crippen LogP contribution in [-0.2, 0) is 11.2 Å². The van der Waals surface area contributed by atoms with E-state index in [4.69, 9.17) is 4.74 Å². The normalized spacial score (nSPS) is 14.3. The zero-order chi connectivity index (χ0) is 32.8. The number of amidine groups is 1. The molecule has 0 unspecified atom stereocenters. The minimum absolute atomic E-state index is 0.123. The van der Waals surface area contributed by atoms with Crippen molar-refractivity contribution in [1.29, 1.82) is 0 Å². The summed E-state index contributed by atoms with van der Waals surface area (Å²) in [5.74, 6) is 1.02. The molecule has 3 amide bonds. The third-order valence-electron chi connectivity index (χ3n) is 7.02. The van der Waals surface area contributed by atoms with Crippen molar-refractivity contribution < 1.29 is 32.2 Å². The molecule has 0 spiro atoms. The monoisotopic (exact) mass is 652 g/mol. The Kier molecular flexibility index (Phi) is 9.95. The van der Waals surface area contributed by atoms with Crippen LogP contribution in [0.4, 0.5) is 23.7 Å². The molecule has 14 heteroatoms. The topological polar surface area (TPSA) is 111 Å². The summed E-state index contributed by atoms with van der Waals surface area (Å²) in [6.07, 6.45) is -1.90. The highest BCUT2D eigenvalue weighted by Gasteiger charge is 2.33. The molecule has 46 heavy (non-hydrogen) atoms. The molecule has 2 heterocycles. The van der Waals surface area contributed by atoms with Crippen LogP contribution in [-0.4, -0.2) is 57.6 Å². The number of amides is 3. The van der Waals surface area contributed by atoms with Gasteiger partial charge in [-0.1, -0.05) is 49.9 Å². The van der Waals surface area contributed by atoms with Gasteiger partial charge in [-0.25, -0.2) is 14.5 Å². The molecule has 3 aromatic carbocycles. The smallest absolute Gasteiger partial charge is 0.497 e. The molecular weight excluding hydrogens is 621 g/mol. The van der Waals surface area contributed by atoms with Crippen LogP contribution in [0.3, 0.4) is 0 Å². The van der Waals surface area contributed by atoms with Crippen molar-refractivity contribution >= 4 is 34.6 Å². The van der Waals surface area contributed by atoms with Crippen molar-refractivity contribution in [2.45, 2.75) is 39.0 Å². The number of carbonyl (C=O) groups is 2. The molecular formula is C32H31F3N6O4S. The summed E-state index contributed by atoms with van der Waals surface area (Å²) in [7, 11) is 1.59. The Morgan fingerprint density at radius 2 is 1.78 bits per heavy atom. The summed E-state index contributed by atoms with van der Waals surface area (Å²) in [6.45, 7) is 4.45. The van der Waals surface area contributed by atoms with E-state index in [1.165, 1.54) is 51.9 Å². The van der Waals surface area contributed by atoms with Gasteiger partial charge in [-0.05, 0) is 72.4 Å². The highest BCUT2D eigenvalue weighted by molar-refractivity contribution is 8.15. The van der Waals surface area contributed by atoms with Gasteiger partial charge in [0, 0.05) is 12.1 Å². The number of rotatable bonds is 10. The second kappa shape index (κ2) is 14.1. The second-order valence-electron chi connectivity index (χ2n) is 10.6. The van der Waals surface area contributed by atoms with Crippen molar-refractivity contribution in [1.82, 2.24) is 20.1 Å². The first-order valence-corrected chi connectivity index (χ1v) is 15.4. The summed E-state index contributed by atoms with van der Waals surface area (Å²) in [5, 5.41) is 7.57. The van der Waals surface area contributed by atoms with Crippen molar-refractivity contribution in [2.24, 2.45) is 4.99 Å². The van der Waals surface area contributed by atoms with Gasteiger partial charge in [-0.15, -0.1) is 18.3 Å². The highest BCUT2D eigenvalue weighted by atomic mass is 32.2. The summed E-state index contributed by atoms with van der Waals surface area (Å²) < 4.78 is 47.9. The van der Waals surface area contributed by atoms with Crippen molar-refractivity contribution in [2.75, 3.05) is 24.3 Å². The quantitative estimate of drug-likeness (QED) is 0.189. The third kappa shape index (κ3) is 8.05. The first kappa shape index (κ1) is 32.5. The summed E-state index contributed by atoms with van der Waals surface area (Å²) in [5.41, 5.74) is 3.97. The standard InChI is InChI=1S/C32H31F3N6O4S/c1-20(2)26-17-25(44-3)14-15-27(26)41-28(42)18-46-31(41)38-30(43)36-16-4-5-21-6-8-22(9-7-21)29-37-19-40(39-29)23-10-12-24(13-11-23)45-32(33,34)35/h6-15,17,19-20H,4-5,16,18H2,1-3H3,(H,36,43)/b38-31-. The van der Waals surface area contributed by atoms with Gasteiger partial charge in [0.1, 0.15) is 17.8 Å². The Hall–Kier alpha value is -4.85. The second-order valence-corrected chi connectivity index (χ2v) is 11.5. The zero-order valence-corrected chi connectivity index (χ0v) is 26.1. The molecule has 4 aromatic rings. The molecule has 0 aliphatic carbocycles. The van der Waals surface area contributed by atoms with Crippen LogP contribution in [0.15, 0.2) is 78.0 Å². The lowest BCUT2D eigenvalue weighted by Crippen LogP contribution is -2.32. The van der Waals surface area contributed by atoms with E-state index >= 15 is 0 Å². The van der Waals surface area contributed by atoms with Gasteiger partial charge in [-0.3, -0.25) is 9.69 Å². The SMILES string of the molecule is COc1ccc(N2C(=O)CS/C2=N\C(=O)NCCCc2ccc(-c3ncn(-c4ccc(OC(F)(F)F)cc4)n3)cc2)c(C(C)C)c1. The molecule has 240 valence electrons. The van der Waals surface area contributed by atoms with Crippen LogP contribution in [0.25, 0.3) is 17.1 Å². The van der Waals surface area contributed by atoms with Crippen LogP contribution >= 0.6 is 11.8 Å². The maximum Gasteiger partial charge on any atom is 0.573 e. The molecule has 1 N–H and O–H groups in total. The number of hydrogen-bond acceptors (Lipinski definition) is 7. The Morgan fingerprint density at radius 1 is 1.07 bits per heavy atom. The van der Waals surface area contributed by atoms with Crippen LogP contribution < -0.4 is 19.7 Å². The Labute approximate surface area is 267 Å². The van der Waals surface area contributed by atoms with Gasteiger partial charge < -0.3 is 14.8 Å². The van der Waals surface area contributed by atoms with E-state index in [9.17, 15) is 22.8 Å². The predicted octanol–water partition coefficient (Wildman–Crippen LogP) is 6.74. The number of halogens is 3. The lowest BCUT2D eigenvalue weighted by molar-refractivity contribution is -0.274. The largest absolute Gasteiger partial charge is 0.573 e. The molecule has 5 rings (SSSR count). The van der Waals surface area contributed by atoms with Crippen molar-refractivity contribution in [3.8, 4) is 28.6 Å². The Balaban J connectivity index is 1.13. The number of nitrogens with one attached hydrogen (secondary N) is 1. The van der Waals surface area contributed by atoms with Crippen LogP contribution in [0.2, 0.25) is 0 Å². The Morgan fingerprint density at radius 3 is 2.46 bits per heavy atom. The summed E-state index contributed by atoms with van der Waals surface area (Å²) in [6, 6.07) is 18.0. The number of urea groups is 1. The number of hydrogen-bond donors (Lipinski definition) is 1. The maximum atomic E-state index is 12.8. The number of alkyl halides is 3. The fourth-order valence-electron chi connectivity index (χ4n) is 4.76. The van der Waals surface area contributed by atoms with Crippen LogP contribution in [0.1, 0.15) is 37.3 Å². The minimum atomic E-state index is -4.76. The molecule has 1 aliphatic heterocycles. The molecule has 1 saturated heterocycles. The molecule has 0 radical (unpaired) electrons. The van der Waals surface area contributed by atoms with Crippen molar-refractivity contribution in [3.63, 3.8) is 0 Å². The number of nitrogens with zero attached hydrogens (tertiary/aromatic N) is 5. The van der Waals surface area contributed by atoms with Crippen molar-refractivity contribution in [3.05, 3.63) is 84.2 Å². The van der Waals surface area contributed by atoms with E-state index in [-0.39, 0.29) is 23.3 Å². The van der Waals surface area contributed by atoms with Gasteiger partial charge in [-0.2, -0.15) is 4.99 Å². The number of anilines is 1. The van der Waals surface area contributed by atoms with Gasteiger partial charge in [0.25, 0.3) is 0 Å². The van der Waals surface area contributed by atoms with E-state index < -0.39 is 12.4 Å². The maximum absolute atomic E-state index is 12.8. The fraction of sp³-hybridized carbons (Fsp3) is 0.281. The molecule has 0 bridgehead atoms. The van der Waals surface area contributed by atoms with E-state index in [0.29, 0.717) is 47.5 Å². The number of methoxy groups -OCH3 is 1. The fourth-order valence-corrected chi connectivity index (χ4v) is 5.62. The molecule has 0 saturated carbocycles. The van der Waals surface area contributed by atoms with E-state index in [2.05, 4.69) is 25.1 Å². The number of carbonyl (C=O) groups excluding carboxylic acids is 2. The molecule has 10 nitrogen and oxygen atoms in total. The number of aryl methyl sites for hydroxylation is 1. The first-order valence-electron chi connectivity index (χ1n) is 14.4. The van der Waals surface area contributed by atoms with Gasteiger partial charge in [0.05, 0.1) is 24.2 Å². The summed E-state index contributed by atoms with van der Waals surface area (Å²) in [4.78, 5) is 35.4. The van der Waals surface area contributed by atoms with Crippen LogP contribution in [0, 0.1) is 0 Å². The number of benzene rings is 3. The first-order chi connectivity index (χ1) is 22.0. The molecule has 0 atom stereocenters. The molecule has 1 aliphatic rings. The molecule has 1 aromatic heterocycles. The van der Waals surface area contributed by atoms with E-state index in [0.717, 1.165) is 16.7 Å². The Bertz CT molecular complexity index is 1720. The minimum Gasteiger partial charge on any atom is -0.497 e. The predicted molar refractivity (Wildman–Crippen MR) is 170 cm³/mol. The lowest BCUT2D eigenvalue weighted by Gasteiger charge is -2.22. The van der Waals surface area contributed by atoms with Crippen LogP contribution in [0.5, 0.6) is 11.5 Å². The third-order valence-corrected chi connectivity index (χ3v) is 7.94. The average Bonchev–Trinajstić information content (AvgIpc) is 3.66. The number of ether oxygens (including phenoxy) is 2. The highest BCUT2D eigenvalue weighted by Crippen LogP contribution is 2.35. The lowest BCUT2D eigenvalue weighted by atomic mass is 10.00. The van der Waals surface area contributed by atoms with Gasteiger partial charge in [0.2, 0.25) is 5.91 Å². The van der Waals surface area contributed by atoms with Gasteiger partial charge in [0.15, 0.2) is 11.0 Å². The van der Waals surface area contributed by atoms with E-state index in [1.54, 1.807) is 13.2 Å². The van der Waals surface area contributed by atoms with Gasteiger partial charge >= 0.3 is 12.4 Å². The van der Waals surface area contributed by atoms with E-state index in [1.807, 2.05) is 50.2 Å². The summed E-state index contributed by atoms with van der Waals surface area (Å²) >= 11 is 1.23. The number of aromatic nitrogens is 3.